The second-order valence-corrected chi connectivity index (χ2v) is 4.95. The molecule has 74 valence electrons. The third-order valence-electron chi connectivity index (χ3n) is 3.28. The van der Waals surface area contributed by atoms with Crippen LogP contribution in [0.25, 0.3) is 0 Å². The lowest BCUT2D eigenvalue weighted by molar-refractivity contribution is 0.151. The van der Waals surface area contributed by atoms with E-state index in [1.807, 2.05) is 12.1 Å². The van der Waals surface area contributed by atoms with Crippen molar-refractivity contribution in [2.45, 2.75) is 37.2 Å². The molecule has 0 heterocycles. The predicted octanol–water partition coefficient (Wildman–Crippen LogP) is 3.20. The Balaban J connectivity index is 1.97. The van der Waals surface area contributed by atoms with Crippen LogP contribution in [0.4, 0.5) is 0 Å². The van der Waals surface area contributed by atoms with Gasteiger partial charge in [-0.25, -0.2) is 0 Å². The Hall–Kier alpha value is -0.530. The predicted molar refractivity (Wildman–Crippen MR) is 56.6 cm³/mol. The minimum atomic E-state index is -0.550. The summed E-state index contributed by atoms with van der Waals surface area (Å²) in [6.45, 7) is 0. The molecule has 1 aromatic carbocycles. The van der Waals surface area contributed by atoms with Crippen molar-refractivity contribution in [1.82, 2.24) is 0 Å². The van der Waals surface area contributed by atoms with Crippen molar-refractivity contribution in [3.8, 4) is 0 Å². The Bertz CT molecular complexity index is 378. The summed E-state index contributed by atoms with van der Waals surface area (Å²) in [5.41, 5.74) is 1.71. The highest BCUT2D eigenvalue weighted by atomic mass is 35.5. The van der Waals surface area contributed by atoms with Crippen molar-refractivity contribution < 1.29 is 5.11 Å². The standard InChI is InChI=1S/C12H13ClO/c13-11-7-9(12(14)5-6-12)3-4-10(11)8-1-2-8/h3-4,7-8,14H,1-2,5-6H2. The van der Waals surface area contributed by atoms with Gasteiger partial charge < -0.3 is 5.11 Å². The number of hydrogen-bond acceptors (Lipinski definition) is 1. The van der Waals surface area contributed by atoms with E-state index in [0.717, 1.165) is 23.4 Å². The van der Waals surface area contributed by atoms with E-state index in [1.54, 1.807) is 0 Å². The minimum absolute atomic E-state index is 0.550. The topological polar surface area (TPSA) is 20.2 Å². The summed E-state index contributed by atoms with van der Waals surface area (Å²) < 4.78 is 0. The van der Waals surface area contributed by atoms with Crippen LogP contribution >= 0.6 is 11.6 Å². The lowest BCUT2D eigenvalue weighted by Gasteiger charge is -2.10. The fourth-order valence-electron chi connectivity index (χ4n) is 1.95. The first-order valence-corrected chi connectivity index (χ1v) is 5.59. The van der Waals surface area contributed by atoms with Gasteiger partial charge in [-0.2, -0.15) is 0 Å². The Morgan fingerprint density at radius 3 is 2.50 bits per heavy atom. The number of aliphatic hydroxyl groups is 1. The van der Waals surface area contributed by atoms with Crippen LogP contribution in [0.2, 0.25) is 5.02 Å². The summed E-state index contributed by atoms with van der Waals surface area (Å²) in [6.07, 6.45) is 4.30. The van der Waals surface area contributed by atoms with E-state index in [-0.39, 0.29) is 0 Å². The Morgan fingerprint density at radius 2 is 2.00 bits per heavy atom. The van der Waals surface area contributed by atoms with E-state index < -0.39 is 5.60 Å². The molecule has 0 saturated heterocycles. The van der Waals surface area contributed by atoms with Gasteiger partial charge in [0.25, 0.3) is 0 Å². The molecule has 0 bridgehead atoms. The van der Waals surface area contributed by atoms with E-state index in [9.17, 15) is 5.11 Å². The molecule has 0 aromatic heterocycles. The average Bonchev–Trinajstić information content (AvgIpc) is 2.99. The molecule has 1 N–H and O–H groups in total. The van der Waals surface area contributed by atoms with Crippen molar-refractivity contribution in [1.29, 1.82) is 0 Å². The summed E-state index contributed by atoms with van der Waals surface area (Å²) in [7, 11) is 0. The zero-order chi connectivity index (χ0) is 9.76. The van der Waals surface area contributed by atoms with Gasteiger partial charge in [-0.15, -0.1) is 0 Å². The minimum Gasteiger partial charge on any atom is -0.385 e. The second-order valence-electron chi connectivity index (χ2n) is 4.54. The van der Waals surface area contributed by atoms with E-state index in [2.05, 4.69) is 6.07 Å². The highest BCUT2D eigenvalue weighted by molar-refractivity contribution is 6.31. The van der Waals surface area contributed by atoms with E-state index >= 15 is 0 Å². The summed E-state index contributed by atoms with van der Waals surface area (Å²) in [6, 6.07) is 6.07. The smallest absolute Gasteiger partial charge is 0.0899 e. The normalized spacial score (nSPS) is 23.6. The van der Waals surface area contributed by atoms with Crippen LogP contribution in [0.1, 0.15) is 42.7 Å². The van der Waals surface area contributed by atoms with E-state index in [4.69, 9.17) is 11.6 Å². The molecule has 0 atom stereocenters. The van der Waals surface area contributed by atoms with Gasteiger partial charge in [-0.3, -0.25) is 0 Å². The molecule has 1 aromatic rings. The first kappa shape index (κ1) is 8.75. The summed E-state index contributed by atoms with van der Waals surface area (Å²) in [5.74, 6) is 0.686. The molecule has 1 nitrogen and oxygen atoms in total. The highest BCUT2D eigenvalue weighted by Crippen LogP contribution is 2.48. The van der Waals surface area contributed by atoms with Crippen molar-refractivity contribution in [3.63, 3.8) is 0 Å². The molecule has 3 rings (SSSR count). The van der Waals surface area contributed by atoms with Crippen LogP contribution in [0.3, 0.4) is 0 Å². The summed E-state index contributed by atoms with van der Waals surface area (Å²) >= 11 is 6.19. The maximum Gasteiger partial charge on any atom is 0.0899 e. The van der Waals surface area contributed by atoms with E-state index in [0.29, 0.717) is 5.92 Å². The number of halogens is 1. The van der Waals surface area contributed by atoms with Gasteiger partial charge in [0, 0.05) is 5.02 Å². The van der Waals surface area contributed by atoms with Crippen molar-refractivity contribution >= 4 is 11.6 Å². The molecule has 2 saturated carbocycles. The SMILES string of the molecule is OC1(c2ccc(C3CC3)c(Cl)c2)CC1. The Kier molecular flexibility index (Phi) is 1.71. The monoisotopic (exact) mass is 208 g/mol. The first-order valence-electron chi connectivity index (χ1n) is 5.21. The second kappa shape index (κ2) is 2.74. The zero-order valence-corrected chi connectivity index (χ0v) is 8.72. The molecule has 0 spiro atoms. The molecule has 2 fully saturated rings. The van der Waals surface area contributed by atoms with Gasteiger partial charge in [-0.1, -0.05) is 23.7 Å². The lowest BCUT2D eigenvalue weighted by atomic mass is 10.0. The van der Waals surface area contributed by atoms with Crippen LogP contribution in [0, 0.1) is 0 Å². The number of hydrogen-bond donors (Lipinski definition) is 1. The molecule has 0 radical (unpaired) electrons. The van der Waals surface area contributed by atoms with Crippen molar-refractivity contribution in [3.05, 3.63) is 34.3 Å². The van der Waals surface area contributed by atoms with Crippen LogP contribution < -0.4 is 0 Å². The van der Waals surface area contributed by atoms with E-state index in [1.165, 1.54) is 18.4 Å². The third kappa shape index (κ3) is 1.35. The van der Waals surface area contributed by atoms with Crippen LogP contribution in [-0.2, 0) is 5.60 Å². The molecule has 0 aliphatic heterocycles. The highest BCUT2D eigenvalue weighted by Gasteiger charge is 2.42. The quantitative estimate of drug-likeness (QED) is 0.792. The van der Waals surface area contributed by atoms with Crippen LogP contribution in [-0.4, -0.2) is 5.11 Å². The van der Waals surface area contributed by atoms with Gasteiger partial charge in [0.15, 0.2) is 0 Å². The van der Waals surface area contributed by atoms with Crippen molar-refractivity contribution in [2.24, 2.45) is 0 Å². The van der Waals surface area contributed by atoms with Gasteiger partial charge in [0.05, 0.1) is 5.60 Å². The molecule has 14 heavy (non-hydrogen) atoms. The van der Waals surface area contributed by atoms with Crippen LogP contribution in [0.5, 0.6) is 0 Å². The summed E-state index contributed by atoms with van der Waals surface area (Å²) in [5, 5.41) is 10.7. The molecule has 2 aliphatic rings. The van der Waals surface area contributed by atoms with Gasteiger partial charge >= 0.3 is 0 Å². The zero-order valence-electron chi connectivity index (χ0n) is 7.96. The fourth-order valence-corrected chi connectivity index (χ4v) is 2.28. The average molecular weight is 209 g/mol. The van der Waals surface area contributed by atoms with Gasteiger partial charge in [-0.05, 0) is 48.8 Å². The number of rotatable bonds is 2. The molecule has 2 aliphatic carbocycles. The maximum atomic E-state index is 9.91. The molecule has 2 heteroatoms. The molecule has 0 unspecified atom stereocenters. The lowest BCUT2D eigenvalue weighted by Crippen LogP contribution is -2.04. The van der Waals surface area contributed by atoms with Gasteiger partial charge in [0.2, 0.25) is 0 Å². The third-order valence-corrected chi connectivity index (χ3v) is 3.61. The summed E-state index contributed by atoms with van der Waals surface area (Å²) in [4.78, 5) is 0. The molecule has 0 amide bonds. The van der Waals surface area contributed by atoms with Crippen LogP contribution in [0.15, 0.2) is 18.2 Å². The first-order chi connectivity index (χ1) is 6.69. The van der Waals surface area contributed by atoms with Crippen molar-refractivity contribution in [2.75, 3.05) is 0 Å². The Morgan fingerprint density at radius 1 is 1.29 bits per heavy atom. The largest absolute Gasteiger partial charge is 0.385 e. The fraction of sp³-hybridized carbons (Fsp3) is 0.500. The molecular weight excluding hydrogens is 196 g/mol. The maximum absolute atomic E-state index is 9.91. The molecular formula is C12H13ClO. The van der Waals surface area contributed by atoms with Gasteiger partial charge in [0.1, 0.15) is 0 Å². The number of benzene rings is 1. The Labute approximate surface area is 88.7 Å².